The van der Waals surface area contributed by atoms with Crippen LogP contribution in [-0.2, 0) is 16.6 Å². The maximum Gasteiger partial charge on any atom is 0.229 e. The highest BCUT2D eigenvalue weighted by Crippen LogP contribution is 2.39. The average molecular weight is 407 g/mol. The molecule has 0 aromatic heterocycles. The van der Waals surface area contributed by atoms with Gasteiger partial charge in [0.25, 0.3) is 0 Å². The van der Waals surface area contributed by atoms with E-state index in [1.54, 1.807) is 13.2 Å². The Hall–Kier alpha value is -3.25. The van der Waals surface area contributed by atoms with E-state index in [1.165, 1.54) is 0 Å². The largest absolute Gasteiger partial charge is 0.497 e. The number of nitrogens with one attached hydrogen (secondary N) is 1. The van der Waals surface area contributed by atoms with Gasteiger partial charge < -0.3 is 9.47 Å². The Morgan fingerprint density at radius 2 is 1.83 bits per heavy atom. The van der Waals surface area contributed by atoms with Crippen LogP contribution in [0.3, 0.4) is 0 Å². The molecule has 3 aromatic rings. The predicted molar refractivity (Wildman–Crippen MR) is 116 cm³/mol. The third-order valence-corrected chi connectivity index (χ3v) is 5.28. The minimum atomic E-state index is -3.34. The van der Waals surface area contributed by atoms with Gasteiger partial charge in [-0.3, -0.25) is 4.72 Å². The molecule has 0 saturated heterocycles. The van der Waals surface area contributed by atoms with Crippen molar-refractivity contribution < 1.29 is 17.9 Å². The molecule has 1 aliphatic rings. The quantitative estimate of drug-likeness (QED) is 0.689. The fourth-order valence-corrected chi connectivity index (χ4v) is 3.96. The van der Waals surface area contributed by atoms with Gasteiger partial charge >= 0.3 is 0 Å². The molecular formula is C23H21NO4S. The van der Waals surface area contributed by atoms with E-state index in [-0.39, 0.29) is 0 Å². The lowest BCUT2D eigenvalue weighted by Crippen LogP contribution is -2.09. The summed E-state index contributed by atoms with van der Waals surface area (Å²) in [7, 11) is -1.71. The Bertz CT molecular complexity index is 1200. The van der Waals surface area contributed by atoms with E-state index in [1.807, 2.05) is 60.7 Å². The molecule has 0 radical (unpaired) electrons. The first-order valence-electron chi connectivity index (χ1n) is 9.12. The Kier molecular flexibility index (Phi) is 5.03. The molecule has 0 bridgehead atoms. The number of benzene rings is 3. The van der Waals surface area contributed by atoms with Crippen molar-refractivity contribution in [1.29, 1.82) is 0 Å². The lowest BCUT2D eigenvalue weighted by atomic mass is 9.92. The fraction of sp³-hybridized carbons (Fsp3) is 0.130. The summed E-state index contributed by atoms with van der Waals surface area (Å²) in [6.07, 6.45) is 3.19. The van der Waals surface area contributed by atoms with E-state index in [0.717, 1.165) is 45.6 Å². The molecule has 0 amide bonds. The number of rotatable bonds is 4. The fourth-order valence-electron chi connectivity index (χ4n) is 3.41. The summed E-state index contributed by atoms with van der Waals surface area (Å²) in [5.74, 6) is 1.48. The zero-order valence-corrected chi connectivity index (χ0v) is 17.0. The van der Waals surface area contributed by atoms with Crippen molar-refractivity contribution in [3.8, 4) is 11.5 Å². The second kappa shape index (κ2) is 7.64. The minimum absolute atomic E-state index is 0.462. The van der Waals surface area contributed by atoms with Crippen LogP contribution < -0.4 is 14.2 Å². The van der Waals surface area contributed by atoms with Crippen molar-refractivity contribution in [3.05, 3.63) is 89.0 Å². The molecule has 3 aromatic carbocycles. The molecule has 29 heavy (non-hydrogen) atoms. The molecule has 0 spiro atoms. The highest BCUT2D eigenvalue weighted by atomic mass is 32.2. The average Bonchev–Trinajstić information content (AvgIpc) is 2.84. The highest BCUT2D eigenvalue weighted by molar-refractivity contribution is 7.92. The Balaban J connectivity index is 1.87. The van der Waals surface area contributed by atoms with Gasteiger partial charge in [-0.1, -0.05) is 36.4 Å². The summed E-state index contributed by atoms with van der Waals surface area (Å²) in [4.78, 5) is 0. The normalized spacial score (nSPS) is 14.3. The molecule has 1 heterocycles. The van der Waals surface area contributed by atoms with Crippen LogP contribution in [0.4, 0.5) is 5.69 Å². The van der Waals surface area contributed by atoms with Gasteiger partial charge in [0, 0.05) is 17.3 Å². The van der Waals surface area contributed by atoms with E-state index in [0.29, 0.717) is 12.3 Å². The SMILES string of the molecule is COc1ccc2c(c1)OCc1ccccc1C2=Cc1cccc(NS(C)(=O)=O)c1. The first kappa shape index (κ1) is 19.1. The summed E-state index contributed by atoms with van der Waals surface area (Å²) in [6, 6.07) is 21.2. The van der Waals surface area contributed by atoms with E-state index in [9.17, 15) is 8.42 Å². The van der Waals surface area contributed by atoms with E-state index in [4.69, 9.17) is 9.47 Å². The first-order chi connectivity index (χ1) is 13.9. The maximum atomic E-state index is 11.6. The molecule has 1 aliphatic heterocycles. The zero-order valence-electron chi connectivity index (χ0n) is 16.2. The predicted octanol–water partition coefficient (Wildman–Crippen LogP) is 4.55. The monoisotopic (exact) mass is 407 g/mol. The van der Waals surface area contributed by atoms with Crippen LogP contribution in [0.1, 0.15) is 22.3 Å². The minimum Gasteiger partial charge on any atom is -0.497 e. The molecule has 0 saturated carbocycles. The van der Waals surface area contributed by atoms with Crippen molar-refractivity contribution in [3.63, 3.8) is 0 Å². The van der Waals surface area contributed by atoms with Crippen molar-refractivity contribution in [2.24, 2.45) is 0 Å². The van der Waals surface area contributed by atoms with Crippen LogP contribution in [0.25, 0.3) is 11.6 Å². The number of methoxy groups -OCH3 is 1. The molecule has 1 N–H and O–H groups in total. The first-order valence-corrected chi connectivity index (χ1v) is 11.0. The third kappa shape index (κ3) is 4.27. The van der Waals surface area contributed by atoms with Crippen LogP contribution in [0, 0.1) is 0 Å². The molecule has 0 atom stereocenters. The Labute approximate surface area is 170 Å². The second-order valence-corrected chi connectivity index (χ2v) is 8.61. The van der Waals surface area contributed by atoms with Crippen LogP contribution in [0.5, 0.6) is 11.5 Å². The number of anilines is 1. The maximum absolute atomic E-state index is 11.6. The molecule has 5 nitrogen and oxygen atoms in total. The summed E-state index contributed by atoms with van der Waals surface area (Å²) >= 11 is 0. The van der Waals surface area contributed by atoms with Gasteiger partial charge in [-0.25, -0.2) is 8.42 Å². The zero-order chi connectivity index (χ0) is 20.4. The van der Waals surface area contributed by atoms with E-state index < -0.39 is 10.0 Å². The Morgan fingerprint density at radius 3 is 2.62 bits per heavy atom. The van der Waals surface area contributed by atoms with Crippen LogP contribution in [0.15, 0.2) is 66.7 Å². The van der Waals surface area contributed by atoms with Crippen LogP contribution >= 0.6 is 0 Å². The summed E-state index contributed by atoms with van der Waals surface area (Å²) < 4.78 is 37.1. The van der Waals surface area contributed by atoms with Gasteiger partial charge in [-0.05, 0) is 52.6 Å². The van der Waals surface area contributed by atoms with Gasteiger partial charge in [0.05, 0.1) is 13.4 Å². The Morgan fingerprint density at radius 1 is 1.00 bits per heavy atom. The molecule has 148 valence electrons. The molecule has 6 heteroatoms. The van der Waals surface area contributed by atoms with Gasteiger partial charge in [0.2, 0.25) is 10.0 Å². The number of hydrogen-bond donors (Lipinski definition) is 1. The second-order valence-electron chi connectivity index (χ2n) is 6.87. The topological polar surface area (TPSA) is 64.6 Å². The molecule has 0 aliphatic carbocycles. The number of fused-ring (bicyclic) bond motifs is 2. The van der Waals surface area contributed by atoms with Crippen LogP contribution in [0.2, 0.25) is 0 Å². The van der Waals surface area contributed by atoms with Crippen molar-refractivity contribution in [1.82, 2.24) is 0 Å². The van der Waals surface area contributed by atoms with Gasteiger partial charge in [0.1, 0.15) is 18.1 Å². The van der Waals surface area contributed by atoms with Crippen molar-refractivity contribution in [2.45, 2.75) is 6.61 Å². The summed E-state index contributed by atoms with van der Waals surface area (Å²) in [5.41, 5.74) is 5.53. The van der Waals surface area contributed by atoms with Gasteiger partial charge in [0.15, 0.2) is 0 Å². The van der Waals surface area contributed by atoms with Crippen molar-refractivity contribution in [2.75, 3.05) is 18.1 Å². The summed E-state index contributed by atoms with van der Waals surface area (Å²) in [5, 5.41) is 0. The van der Waals surface area contributed by atoms with E-state index >= 15 is 0 Å². The number of ether oxygens (including phenoxy) is 2. The standard InChI is InChI=1S/C23H21NO4S/c1-27-19-10-11-21-22(13-16-6-5-8-18(12-16)24-29(2,25)26)20-9-4-3-7-17(20)15-28-23(21)14-19/h3-14,24H,15H2,1-2H3. The van der Waals surface area contributed by atoms with Crippen molar-refractivity contribution >= 4 is 27.4 Å². The van der Waals surface area contributed by atoms with E-state index in [2.05, 4.69) is 10.8 Å². The third-order valence-electron chi connectivity index (χ3n) is 4.67. The molecule has 4 rings (SSSR count). The highest BCUT2D eigenvalue weighted by Gasteiger charge is 2.19. The lowest BCUT2D eigenvalue weighted by Gasteiger charge is -2.12. The lowest BCUT2D eigenvalue weighted by molar-refractivity contribution is 0.304. The molecule has 0 unspecified atom stereocenters. The number of sulfonamides is 1. The van der Waals surface area contributed by atoms with Gasteiger partial charge in [-0.2, -0.15) is 0 Å². The smallest absolute Gasteiger partial charge is 0.229 e. The molecule has 0 fully saturated rings. The number of hydrogen-bond acceptors (Lipinski definition) is 4. The van der Waals surface area contributed by atoms with Gasteiger partial charge in [-0.15, -0.1) is 0 Å². The molecular weight excluding hydrogens is 386 g/mol. The van der Waals surface area contributed by atoms with Crippen LogP contribution in [-0.4, -0.2) is 21.8 Å². The summed E-state index contributed by atoms with van der Waals surface area (Å²) in [6.45, 7) is 0.462.